The van der Waals surface area contributed by atoms with Gasteiger partial charge in [0.05, 0.1) is 5.92 Å². The molecule has 3 heteroatoms. The van der Waals surface area contributed by atoms with Gasteiger partial charge in [-0.2, -0.15) is 0 Å². The van der Waals surface area contributed by atoms with Gasteiger partial charge in [-0.25, -0.2) is 0 Å². The van der Waals surface area contributed by atoms with Crippen LogP contribution in [0.4, 0.5) is 5.69 Å². The SMILES string of the molecule is CN(CC1CC1)C(=O)C1CNc2ccccc2C1. The van der Waals surface area contributed by atoms with Gasteiger partial charge >= 0.3 is 0 Å². The van der Waals surface area contributed by atoms with Gasteiger partial charge in [0, 0.05) is 25.8 Å². The molecule has 1 unspecified atom stereocenters. The number of rotatable bonds is 3. The van der Waals surface area contributed by atoms with Gasteiger partial charge in [0.25, 0.3) is 0 Å². The molecule has 0 aromatic heterocycles. The van der Waals surface area contributed by atoms with Gasteiger partial charge in [-0.1, -0.05) is 18.2 Å². The number of benzene rings is 1. The van der Waals surface area contributed by atoms with Crippen LogP contribution in [0, 0.1) is 11.8 Å². The number of fused-ring (bicyclic) bond motifs is 1. The van der Waals surface area contributed by atoms with Crippen LogP contribution in [-0.4, -0.2) is 30.9 Å². The molecular weight excluding hydrogens is 224 g/mol. The molecule has 1 aromatic rings. The summed E-state index contributed by atoms with van der Waals surface area (Å²) in [7, 11) is 1.95. The summed E-state index contributed by atoms with van der Waals surface area (Å²) in [6.45, 7) is 1.71. The van der Waals surface area contributed by atoms with Gasteiger partial charge in [0.1, 0.15) is 0 Å². The average Bonchev–Trinajstić information content (AvgIpc) is 3.21. The van der Waals surface area contributed by atoms with Gasteiger partial charge in [0.15, 0.2) is 0 Å². The molecule has 2 aliphatic rings. The first-order valence-corrected chi connectivity index (χ1v) is 6.81. The van der Waals surface area contributed by atoms with Crippen molar-refractivity contribution >= 4 is 11.6 Å². The number of hydrogen-bond donors (Lipinski definition) is 1. The molecule has 0 bridgehead atoms. The Morgan fingerprint density at radius 2 is 2.17 bits per heavy atom. The Kier molecular flexibility index (Phi) is 2.98. The maximum atomic E-state index is 12.4. The van der Waals surface area contributed by atoms with E-state index in [0.29, 0.717) is 5.91 Å². The minimum atomic E-state index is 0.101. The van der Waals surface area contributed by atoms with Crippen LogP contribution >= 0.6 is 0 Å². The van der Waals surface area contributed by atoms with E-state index in [1.807, 2.05) is 24.1 Å². The fourth-order valence-electron chi connectivity index (χ4n) is 2.71. The van der Waals surface area contributed by atoms with Crippen molar-refractivity contribution in [2.75, 3.05) is 25.5 Å². The lowest BCUT2D eigenvalue weighted by Gasteiger charge is -2.29. The number of hydrogen-bond acceptors (Lipinski definition) is 2. The van der Waals surface area contributed by atoms with Crippen molar-refractivity contribution in [1.82, 2.24) is 4.90 Å². The van der Waals surface area contributed by atoms with E-state index in [1.54, 1.807) is 0 Å². The molecule has 0 radical (unpaired) electrons. The van der Waals surface area contributed by atoms with E-state index >= 15 is 0 Å². The van der Waals surface area contributed by atoms with Crippen LogP contribution in [0.3, 0.4) is 0 Å². The van der Waals surface area contributed by atoms with Gasteiger partial charge < -0.3 is 10.2 Å². The van der Waals surface area contributed by atoms with E-state index in [4.69, 9.17) is 0 Å². The average molecular weight is 244 g/mol. The first-order chi connectivity index (χ1) is 8.74. The highest BCUT2D eigenvalue weighted by Crippen LogP contribution is 2.30. The normalized spacial score (nSPS) is 21.9. The molecule has 3 nitrogen and oxygen atoms in total. The lowest BCUT2D eigenvalue weighted by molar-refractivity contribution is -0.134. The summed E-state index contributed by atoms with van der Waals surface area (Å²) in [5.74, 6) is 1.16. The fraction of sp³-hybridized carbons (Fsp3) is 0.533. The second-order valence-electron chi connectivity index (χ2n) is 5.60. The van der Waals surface area contributed by atoms with E-state index < -0.39 is 0 Å². The quantitative estimate of drug-likeness (QED) is 0.883. The van der Waals surface area contributed by atoms with Crippen LogP contribution in [0.1, 0.15) is 18.4 Å². The van der Waals surface area contributed by atoms with Gasteiger partial charge in [-0.05, 0) is 36.8 Å². The maximum absolute atomic E-state index is 12.4. The topological polar surface area (TPSA) is 32.3 Å². The zero-order chi connectivity index (χ0) is 12.5. The standard InChI is InChI=1S/C15H20N2O/c1-17(10-11-6-7-11)15(18)13-8-12-4-2-3-5-14(12)16-9-13/h2-5,11,13,16H,6-10H2,1H3. The number of nitrogens with one attached hydrogen (secondary N) is 1. The molecular formula is C15H20N2O. The van der Waals surface area contributed by atoms with Crippen LogP contribution in [-0.2, 0) is 11.2 Å². The second kappa shape index (κ2) is 4.63. The fourth-order valence-corrected chi connectivity index (χ4v) is 2.71. The highest BCUT2D eigenvalue weighted by Gasteiger charge is 2.30. The van der Waals surface area contributed by atoms with Crippen LogP contribution < -0.4 is 5.32 Å². The second-order valence-corrected chi connectivity index (χ2v) is 5.60. The number of anilines is 1. The van der Waals surface area contributed by atoms with E-state index in [9.17, 15) is 4.79 Å². The highest BCUT2D eigenvalue weighted by molar-refractivity contribution is 5.80. The number of nitrogens with zero attached hydrogens (tertiary/aromatic N) is 1. The largest absolute Gasteiger partial charge is 0.384 e. The zero-order valence-corrected chi connectivity index (χ0v) is 10.9. The molecule has 1 atom stereocenters. The van der Waals surface area contributed by atoms with Crippen molar-refractivity contribution in [3.8, 4) is 0 Å². The zero-order valence-electron chi connectivity index (χ0n) is 10.9. The summed E-state index contributed by atoms with van der Waals surface area (Å²) < 4.78 is 0. The minimum Gasteiger partial charge on any atom is -0.384 e. The van der Waals surface area contributed by atoms with Crippen LogP contribution in [0.2, 0.25) is 0 Å². The Morgan fingerprint density at radius 1 is 1.39 bits per heavy atom. The monoisotopic (exact) mass is 244 g/mol. The van der Waals surface area contributed by atoms with Crippen molar-refractivity contribution in [3.63, 3.8) is 0 Å². The molecule has 18 heavy (non-hydrogen) atoms. The van der Waals surface area contributed by atoms with Crippen LogP contribution in [0.15, 0.2) is 24.3 Å². The first kappa shape index (κ1) is 11.6. The molecule has 1 aromatic carbocycles. The summed E-state index contributed by atoms with van der Waals surface area (Å²) in [5.41, 5.74) is 2.45. The maximum Gasteiger partial charge on any atom is 0.227 e. The molecule has 1 saturated carbocycles. The third-order valence-electron chi connectivity index (χ3n) is 3.98. The van der Waals surface area contributed by atoms with Crippen molar-refractivity contribution in [1.29, 1.82) is 0 Å². The van der Waals surface area contributed by atoms with Gasteiger partial charge in [-0.3, -0.25) is 4.79 Å². The first-order valence-electron chi connectivity index (χ1n) is 6.81. The van der Waals surface area contributed by atoms with Crippen molar-refractivity contribution in [3.05, 3.63) is 29.8 Å². The third kappa shape index (κ3) is 2.35. The lowest BCUT2D eigenvalue weighted by Crippen LogP contribution is -2.40. The molecule has 3 rings (SSSR count). The van der Waals surface area contributed by atoms with Crippen molar-refractivity contribution in [2.24, 2.45) is 11.8 Å². The molecule has 1 fully saturated rings. The van der Waals surface area contributed by atoms with Gasteiger partial charge in [0.2, 0.25) is 5.91 Å². The van der Waals surface area contributed by atoms with E-state index in [0.717, 1.165) is 25.4 Å². The Hall–Kier alpha value is -1.51. The third-order valence-corrected chi connectivity index (χ3v) is 3.98. The number of carbonyl (C=O) groups is 1. The smallest absolute Gasteiger partial charge is 0.227 e. The molecule has 0 spiro atoms. The Bertz CT molecular complexity index is 454. The van der Waals surface area contributed by atoms with Crippen LogP contribution in [0.5, 0.6) is 0 Å². The summed E-state index contributed by atoms with van der Waals surface area (Å²) in [4.78, 5) is 14.3. The Labute approximate surface area is 108 Å². The summed E-state index contributed by atoms with van der Waals surface area (Å²) in [6, 6.07) is 8.28. The molecule has 1 aliphatic heterocycles. The van der Waals surface area contributed by atoms with E-state index in [1.165, 1.54) is 24.1 Å². The van der Waals surface area contributed by atoms with Crippen molar-refractivity contribution < 1.29 is 4.79 Å². The molecule has 1 N–H and O–H groups in total. The van der Waals surface area contributed by atoms with Crippen LogP contribution in [0.25, 0.3) is 0 Å². The molecule has 1 amide bonds. The number of para-hydroxylation sites is 1. The molecule has 1 aliphatic carbocycles. The summed E-state index contributed by atoms with van der Waals surface area (Å²) >= 11 is 0. The predicted molar refractivity (Wildman–Crippen MR) is 72.5 cm³/mol. The summed E-state index contributed by atoms with van der Waals surface area (Å²) in [6.07, 6.45) is 3.46. The molecule has 1 heterocycles. The highest BCUT2D eigenvalue weighted by atomic mass is 16.2. The number of amides is 1. The lowest BCUT2D eigenvalue weighted by atomic mass is 9.93. The van der Waals surface area contributed by atoms with E-state index in [-0.39, 0.29) is 5.92 Å². The molecule has 96 valence electrons. The Balaban J connectivity index is 1.65. The number of carbonyl (C=O) groups excluding carboxylic acids is 1. The van der Waals surface area contributed by atoms with Gasteiger partial charge in [-0.15, -0.1) is 0 Å². The Morgan fingerprint density at radius 3 is 2.94 bits per heavy atom. The van der Waals surface area contributed by atoms with Crippen molar-refractivity contribution in [2.45, 2.75) is 19.3 Å². The minimum absolute atomic E-state index is 0.101. The summed E-state index contributed by atoms with van der Waals surface area (Å²) in [5, 5.41) is 3.37. The molecule has 0 saturated heterocycles. The van der Waals surface area contributed by atoms with E-state index in [2.05, 4.69) is 17.4 Å². The predicted octanol–water partition coefficient (Wildman–Crippen LogP) is 2.14.